The van der Waals surface area contributed by atoms with E-state index in [1.54, 1.807) is 21.1 Å². The molecule has 0 aliphatic carbocycles. The van der Waals surface area contributed by atoms with E-state index in [4.69, 9.17) is 14.2 Å². The summed E-state index contributed by atoms with van der Waals surface area (Å²) in [6, 6.07) is -0.731. The second-order valence-electron chi connectivity index (χ2n) is 16.3. The van der Waals surface area contributed by atoms with Gasteiger partial charge < -0.3 is 28.6 Å². The maximum atomic E-state index is 12.7. The highest BCUT2D eigenvalue weighted by atomic mass is 16.6. The van der Waals surface area contributed by atoms with Gasteiger partial charge >= 0.3 is 11.9 Å². The molecule has 0 rings (SSSR count). The summed E-state index contributed by atoms with van der Waals surface area (Å²) in [4.78, 5) is 36.8. The standard InChI is InChI=1S/C46H85NO7/c1-6-8-10-12-14-16-18-20-21-22-23-25-26-28-30-32-34-36-44(48)53-41-42(40-52-39-38-43(46(50)51)47(3,4)5)54-45(49)37-35-33-31-29-27-24-19-17-15-13-11-9-7-2/h24,27,31,33,42-43H,6-23,25-26,28-30,32,34-41H2,1-5H3/b27-24+,33-31+. The second-order valence-corrected chi connectivity index (χ2v) is 16.3. The van der Waals surface area contributed by atoms with Gasteiger partial charge in [0, 0.05) is 19.3 Å². The van der Waals surface area contributed by atoms with Crippen molar-refractivity contribution < 1.29 is 38.2 Å². The summed E-state index contributed by atoms with van der Waals surface area (Å²) in [5.74, 6) is -1.81. The Morgan fingerprint density at radius 2 is 1.02 bits per heavy atom. The predicted octanol–water partition coefficient (Wildman–Crippen LogP) is 10.7. The Morgan fingerprint density at radius 3 is 1.50 bits per heavy atom. The molecule has 0 aromatic carbocycles. The molecule has 0 bridgehead atoms. The van der Waals surface area contributed by atoms with E-state index in [1.807, 2.05) is 6.08 Å². The van der Waals surface area contributed by atoms with Gasteiger partial charge in [-0.2, -0.15) is 0 Å². The lowest BCUT2D eigenvalue weighted by atomic mass is 10.0. The lowest BCUT2D eigenvalue weighted by Gasteiger charge is -2.34. The maximum absolute atomic E-state index is 12.7. The number of ether oxygens (including phenoxy) is 3. The number of allylic oxidation sites excluding steroid dienone is 4. The lowest BCUT2D eigenvalue weighted by molar-refractivity contribution is -0.889. The lowest BCUT2D eigenvalue weighted by Crippen LogP contribution is -2.55. The summed E-state index contributed by atoms with van der Waals surface area (Å²) in [7, 11) is 5.39. The number of quaternary nitrogens is 1. The number of nitrogens with zero attached hydrogens (tertiary/aromatic N) is 1. The van der Waals surface area contributed by atoms with E-state index in [-0.39, 0.29) is 49.1 Å². The van der Waals surface area contributed by atoms with E-state index >= 15 is 0 Å². The molecule has 0 heterocycles. The zero-order valence-corrected chi connectivity index (χ0v) is 35.9. The van der Waals surface area contributed by atoms with E-state index in [1.165, 1.54) is 128 Å². The van der Waals surface area contributed by atoms with Gasteiger partial charge in [-0.3, -0.25) is 9.59 Å². The minimum Gasteiger partial charge on any atom is -0.544 e. The molecular formula is C46H85NO7. The topological polar surface area (TPSA) is 102 Å². The normalized spacial score (nSPS) is 13.1. The van der Waals surface area contributed by atoms with Crippen LogP contribution < -0.4 is 5.11 Å². The van der Waals surface area contributed by atoms with E-state index in [9.17, 15) is 19.5 Å². The Kier molecular flexibility index (Phi) is 36.2. The zero-order valence-electron chi connectivity index (χ0n) is 35.9. The molecule has 0 fully saturated rings. The van der Waals surface area contributed by atoms with Crippen LogP contribution in [0.15, 0.2) is 24.3 Å². The Morgan fingerprint density at radius 1 is 0.556 bits per heavy atom. The largest absolute Gasteiger partial charge is 0.544 e. The fourth-order valence-electron chi connectivity index (χ4n) is 6.59. The summed E-state index contributed by atoms with van der Waals surface area (Å²) >= 11 is 0. The number of hydrogen-bond acceptors (Lipinski definition) is 7. The van der Waals surface area contributed by atoms with Crippen LogP contribution in [-0.4, -0.2) is 75.5 Å². The van der Waals surface area contributed by atoms with E-state index in [2.05, 4.69) is 32.1 Å². The van der Waals surface area contributed by atoms with Gasteiger partial charge in [-0.1, -0.05) is 173 Å². The summed E-state index contributed by atoms with van der Waals surface area (Å²) < 4.78 is 17.1. The molecule has 0 aromatic rings. The molecule has 0 spiro atoms. The van der Waals surface area contributed by atoms with Gasteiger partial charge in [-0.25, -0.2) is 0 Å². The third-order valence-electron chi connectivity index (χ3n) is 10.1. The van der Waals surface area contributed by atoms with Crippen molar-refractivity contribution in [3.05, 3.63) is 24.3 Å². The molecule has 316 valence electrons. The van der Waals surface area contributed by atoms with Crippen molar-refractivity contribution in [1.29, 1.82) is 0 Å². The highest BCUT2D eigenvalue weighted by molar-refractivity contribution is 5.70. The molecule has 0 saturated heterocycles. The monoisotopic (exact) mass is 764 g/mol. The maximum Gasteiger partial charge on any atom is 0.306 e. The van der Waals surface area contributed by atoms with Crippen LogP contribution in [0.2, 0.25) is 0 Å². The highest BCUT2D eigenvalue weighted by Gasteiger charge is 2.25. The van der Waals surface area contributed by atoms with E-state index in [0.29, 0.717) is 12.8 Å². The fraction of sp³-hybridized carbons (Fsp3) is 0.848. The van der Waals surface area contributed by atoms with Crippen molar-refractivity contribution in [3.8, 4) is 0 Å². The summed E-state index contributed by atoms with van der Waals surface area (Å²) in [6.07, 6.45) is 40.7. The first kappa shape index (κ1) is 51.8. The number of rotatable bonds is 40. The number of carboxylic acids is 1. The highest BCUT2D eigenvalue weighted by Crippen LogP contribution is 2.15. The van der Waals surface area contributed by atoms with Gasteiger partial charge in [0.2, 0.25) is 0 Å². The minimum absolute atomic E-state index is 0.0221. The smallest absolute Gasteiger partial charge is 0.306 e. The van der Waals surface area contributed by atoms with Crippen LogP contribution in [0.4, 0.5) is 0 Å². The number of hydrogen-bond donors (Lipinski definition) is 0. The number of carbonyl (C=O) groups is 3. The molecule has 0 radical (unpaired) electrons. The number of carbonyl (C=O) groups excluding carboxylic acids is 3. The van der Waals surface area contributed by atoms with Gasteiger partial charge in [0.25, 0.3) is 0 Å². The van der Waals surface area contributed by atoms with Crippen LogP contribution in [0.25, 0.3) is 0 Å². The summed E-state index contributed by atoms with van der Waals surface area (Å²) in [5.41, 5.74) is 0. The third-order valence-corrected chi connectivity index (χ3v) is 10.1. The quantitative estimate of drug-likeness (QED) is 0.0265. The van der Waals surface area contributed by atoms with E-state index < -0.39 is 18.1 Å². The summed E-state index contributed by atoms with van der Waals surface area (Å²) in [6.45, 7) is 4.61. The second kappa shape index (κ2) is 37.7. The molecule has 2 atom stereocenters. The zero-order chi connectivity index (χ0) is 40.0. The average molecular weight is 764 g/mol. The molecule has 0 saturated carbocycles. The first-order valence-corrected chi connectivity index (χ1v) is 22.4. The van der Waals surface area contributed by atoms with Gasteiger partial charge in [0.05, 0.1) is 40.3 Å². The molecule has 8 nitrogen and oxygen atoms in total. The number of likely N-dealkylation sites (N-methyl/N-ethyl adjacent to an activating group) is 1. The van der Waals surface area contributed by atoms with Gasteiger partial charge in [0.1, 0.15) is 12.6 Å². The first-order valence-electron chi connectivity index (χ1n) is 22.4. The Balaban J connectivity index is 4.35. The van der Waals surface area contributed by atoms with Crippen molar-refractivity contribution in [3.63, 3.8) is 0 Å². The Bertz CT molecular complexity index is 942. The van der Waals surface area contributed by atoms with Crippen molar-refractivity contribution in [2.45, 2.75) is 212 Å². The third kappa shape index (κ3) is 35.5. The van der Waals surface area contributed by atoms with Crippen LogP contribution in [0.5, 0.6) is 0 Å². The van der Waals surface area contributed by atoms with Crippen LogP contribution >= 0.6 is 0 Å². The van der Waals surface area contributed by atoms with Gasteiger partial charge in [-0.05, 0) is 32.1 Å². The Hall–Kier alpha value is -2.19. The molecule has 54 heavy (non-hydrogen) atoms. The first-order chi connectivity index (χ1) is 26.1. The number of esters is 2. The van der Waals surface area contributed by atoms with Crippen molar-refractivity contribution >= 4 is 17.9 Å². The molecule has 0 aliphatic rings. The van der Waals surface area contributed by atoms with Gasteiger partial charge in [0.15, 0.2) is 6.10 Å². The molecule has 0 aromatic heterocycles. The Labute approximate surface area is 332 Å². The van der Waals surface area contributed by atoms with Crippen molar-refractivity contribution in [1.82, 2.24) is 0 Å². The summed E-state index contributed by atoms with van der Waals surface area (Å²) in [5, 5.41) is 11.6. The van der Waals surface area contributed by atoms with Crippen LogP contribution in [0, 0.1) is 0 Å². The fourth-order valence-corrected chi connectivity index (χ4v) is 6.59. The van der Waals surface area contributed by atoms with Crippen LogP contribution in [-0.2, 0) is 28.6 Å². The predicted molar refractivity (Wildman–Crippen MR) is 222 cm³/mol. The average Bonchev–Trinajstić information content (AvgIpc) is 3.12. The molecule has 8 heteroatoms. The molecule has 0 amide bonds. The SMILES string of the molecule is CCCCCCCC/C=C/C/C=C/CCC(=O)OC(COCCC(C(=O)[O-])[N+](C)(C)C)COC(=O)CCCCCCCCCCCCCCCCCCC. The molecule has 0 aliphatic heterocycles. The number of unbranched alkanes of at least 4 members (excludes halogenated alkanes) is 22. The van der Waals surface area contributed by atoms with Gasteiger partial charge in [-0.15, -0.1) is 0 Å². The number of aliphatic carboxylic acids is 1. The molecule has 2 unspecified atom stereocenters. The van der Waals surface area contributed by atoms with Crippen LogP contribution in [0.1, 0.15) is 200 Å². The van der Waals surface area contributed by atoms with E-state index in [0.717, 1.165) is 32.1 Å². The minimum atomic E-state index is -1.13. The number of carboxylic acid groups (broad SMARTS) is 1. The van der Waals surface area contributed by atoms with Crippen LogP contribution in [0.3, 0.4) is 0 Å². The molecular weight excluding hydrogens is 679 g/mol. The van der Waals surface area contributed by atoms with Crippen molar-refractivity contribution in [2.75, 3.05) is 41.0 Å². The molecule has 0 N–H and O–H groups in total. The van der Waals surface area contributed by atoms with Crippen molar-refractivity contribution in [2.24, 2.45) is 0 Å².